The van der Waals surface area contributed by atoms with Gasteiger partial charge in [-0.15, -0.1) is 0 Å². The predicted octanol–water partition coefficient (Wildman–Crippen LogP) is 2.03. The molecule has 0 saturated heterocycles. The fourth-order valence-electron chi connectivity index (χ4n) is 0.935. The van der Waals surface area contributed by atoms with Crippen molar-refractivity contribution >= 4 is 21.4 Å². The van der Waals surface area contributed by atoms with Crippen molar-refractivity contribution < 1.29 is 8.42 Å². The van der Waals surface area contributed by atoms with E-state index in [1.165, 1.54) is 19.1 Å². The Kier molecular flexibility index (Phi) is 3.14. The molecule has 14 heavy (non-hydrogen) atoms. The molecule has 0 aliphatic carbocycles. The molecule has 1 aromatic carbocycles. The molecule has 1 aromatic rings. The van der Waals surface area contributed by atoms with Crippen molar-refractivity contribution in [2.24, 2.45) is 0 Å². The molecular formula is C9H8ClNO2S. The minimum absolute atomic E-state index is 0.00992. The first-order valence-electron chi connectivity index (χ1n) is 3.88. The third-order valence-corrected chi connectivity index (χ3v) is 4.24. The quantitative estimate of drug-likeness (QED) is 0.780. The van der Waals surface area contributed by atoms with Gasteiger partial charge >= 0.3 is 0 Å². The highest BCUT2D eigenvalue weighted by Gasteiger charge is 2.24. The van der Waals surface area contributed by atoms with Gasteiger partial charge in [0.25, 0.3) is 0 Å². The minimum atomic E-state index is -3.61. The van der Waals surface area contributed by atoms with E-state index in [1.807, 2.05) is 0 Å². The van der Waals surface area contributed by atoms with Gasteiger partial charge in [-0.2, -0.15) is 5.26 Å². The molecular weight excluding hydrogens is 222 g/mol. The van der Waals surface area contributed by atoms with Gasteiger partial charge in [0.2, 0.25) is 0 Å². The minimum Gasteiger partial charge on any atom is -0.222 e. The second kappa shape index (κ2) is 3.99. The number of rotatable bonds is 2. The number of halogens is 1. The molecule has 0 amide bonds. The van der Waals surface area contributed by atoms with Crippen LogP contribution >= 0.6 is 11.6 Å². The summed E-state index contributed by atoms with van der Waals surface area (Å²) < 4.78 is 23.4. The maximum Gasteiger partial charge on any atom is 0.195 e. The van der Waals surface area contributed by atoms with Gasteiger partial charge in [0.15, 0.2) is 9.84 Å². The fourth-order valence-corrected chi connectivity index (χ4v) is 2.52. The first-order chi connectivity index (χ1) is 6.50. The average Bonchev–Trinajstić information content (AvgIpc) is 2.17. The monoisotopic (exact) mass is 229 g/mol. The fraction of sp³-hybridized carbons (Fsp3) is 0.222. The van der Waals surface area contributed by atoms with Crippen LogP contribution in [0.15, 0.2) is 29.2 Å². The van der Waals surface area contributed by atoms with E-state index in [2.05, 4.69) is 0 Å². The molecule has 0 aromatic heterocycles. The Morgan fingerprint density at radius 2 is 2.00 bits per heavy atom. The van der Waals surface area contributed by atoms with Crippen molar-refractivity contribution in [3.8, 4) is 6.07 Å². The van der Waals surface area contributed by atoms with Crippen LogP contribution < -0.4 is 0 Å². The molecule has 1 rings (SSSR count). The van der Waals surface area contributed by atoms with Crippen LogP contribution in [0.2, 0.25) is 5.02 Å². The molecule has 0 saturated carbocycles. The Hall–Kier alpha value is -1.05. The van der Waals surface area contributed by atoms with Gasteiger partial charge in [-0.05, 0) is 19.1 Å². The molecule has 0 N–H and O–H groups in total. The summed E-state index contributed by atoms with van der Waals surface area (Å²) in [5, 5.41) is 7.62. The molecule has 0 heterocycles. The van der Waals surface area contributed by atoms with Crippen LogP contribution in [0.25, 0.3) is 0 Å². The van der Waals surface area contributed by atoms with Crippen LogP contribution in [0.4, 0.5) is 0 Å². The molecule has 74 valence electrons. The van der Waals surface area contributed by atoms with E-state index in [4.69, 9.17) is 16.9 Å². The number of hydrogen-bond donors (Lipinski definition) is 0. The summed E-state index contributed by atoms with van der Waals surface area (Å²) in [6.07, 6.45) is 0. The lowest BCUT2D eigenvalue weighted by Gasteiger charge is -2.06. The highest BCUT2D eigenvalue weighted by molar-refractivity contribution is 7.92. The zero-order valence-corrected chi connectivity index (χ0v) is 9.01. The topological polar surface area (TPSA) is 57.9 Å². The third kappa shape index (κ3) is 1.89. The molecule has 1 atom stereocenters. The van der Waals surface area contributed by atoms with Crippen molar-refractivity contribution in [2.45, 2.75) is 17.1 Å². The summed E-state index contributed by atoms with van der Waals surface area (Å²) in [6.45, 7) is 1.33. The smallest absolute Gasteiger partial charge is 0.195 e. The number of nitrogens with zero attached hydrogens (tertiary/aromatic N) is 1. The van der Waals surface area contributed by atoms with Crippen molar-refractivity contribution in [3.63, 3.8) is 0 Å². The van der Waals surface area contributed by atoms with Gasteiger partial charge in [-0.25, -0.2) is 8.42 Å². The first kappa shape index (κ1) is 11.0. The second-order valence-electron chi connectivity index (χ2n) is 2.75. The molecule has 0 bridgehead atoms. The van der Waals surface area contributed by atoms with E-state index in [-0.39, 0.29) is 9.92 Å². The number of benzene rings is 1. The molecule has 0 aliphatic rings. The summed E-state index contributed by atoms with van der Waals surface area (Å²) in [7, 11) is -3.61. The Morgan fingerprint density at radius 3 is 2.50 bits per heavy atom. The summed E-state index contributed by atoms with van der Waals surface area (Å²) in [5.74, 6) is 0. The van der Waals surface area contributed by atoms with Crippen molar-refractivity contribution in [2.75, 3.05) is 0 Å². The summed E-state index contributed by atoms with van der Waals surface area (Å²) in [5.41, 5.74) is 0. The largest absolute Gasteiger partial charge is 0.222 e. The number of sulfone groups is 1. The van der Waals surface area contributed by atoms with Crippen LogP contribution in [0.3, 0.4) is 0 Å². The van der Waals surface area contributed by atoms with Crippen molar-refractivity contribution in [1.82, 2.24) is 0 Å². The van der Waals surface area contributed by atoms with Crippen LogP contribution in [0.1, 0.15) is 6.92 Å². The Labute approximate surface area is 87.8 Å². The zero-order chi connectivity index (χ0) is 10.8. The van der Waals surface area contributed by atoms with E-state index in [0.717, 1.165) is 0 Å². The van der Waals surface area contributed by atoms with Gasteiger partial charge in [-0.3, -0.25) is 0 Å². The third-order valence-electron chi connectivity index (χ3n) is 1.79. The zero-order valence-electron chi connectivity index (χ0n) is 7.44. The van der Waals surface area contributed by atoms with E-state index >= 15 is 0 Å². The van der Waals surface area contributed by atoms with E-state index < -0.39 is 15.1 Å². The van der Waals surface area contributed by atoms with E-state index in [9.17, 15) is 8.42 Å². The molecule has 0 aliphatic heterocycles. The predicted molar refractivity (Wildman–Crippen MR) is 53.7 cm³/mol. The van der Waals surface area contributed by atoms with Crippen LogP contribution in [-0.4, -0.2) is 13.7 Å². The van der Waals surface area contributed by atoms with Crippen molar-refractivity contribution in [1.29, 1.82) is 5.26 Å². The molecule has 1 unspecified atom stereocenters. The summed E-state index contributed by atoms with van der Waals surface area (Å²) >= 11 is 5.72. The Bertz CT molecular complexity index is 476. The van der Waals surface area contributed by atoms with Crippen LogP contribution in [0, 0.1) is 11.3 Å². The lowest BCUT2D eigenvalue weighted by Crippen LogP contribution is -2.16. The standard InChI is InChI=1S/C9H8ClNO2S/c1-7(6-11)14(12,13)9-5-3-2-4-8(9)10/h2-5,7H,1H3. The first-order valence-corrected chi connectivity index (χ1v) is 5.80. The maximum atomic E-state index is 11.7. The molecule has 5 heteroatoms. The van der Waals surface area contributed by atoms with Gasteiger partial charge in [0, 0.05) is 0 Å². The van der Waals surface area contributed by atoms with E-state index in [0.29, 0.717) is 0 Å². The molecule has 0 spiro atoms. The number of hydrogen-bond acceptors (Lipinski definition) is 3. The molecule has 0 radical (unpaired) electrons. The van der Waals surface area contributed by atoms with Gasteiger partial charge in [-0.1, -0.05) is 23.7 Å². The summed E-state index contributed by atoms with van der Waals surface area (Å²) in [4.78, 5) is 0.00992. The van der Waals surface area contributed by atoms with Crippen LogP contribution in [0.5, 0.6) is 0 Å². The summed E-state index contributed by atoms with van der Waals surface area (Å²) in [6, 6.07) is 7.77. The Balaban J connectivity index is 3.33. The average molecular weight is 230 g/mol. The Morgan fingerprint density at radius 1 is 1.43 bits per heavy atom. The van der Waals surface area contributed by atoms with Crippen LogP contribution in [-0.2, 0) is 9.84 Å². The highest BCUT2D eigenvalue weighted by atomic mass is 35.5. The van der Waals surface area contributed by atoms with Gasteiger partial charge < -0.3 is 0 Å². The molecule has 3 nitrogen and oxygen atoms in total. The lowest BCUT2D eigenvalue weighted by molar-refractivity contribution is 0.592. The maximum absolute atomic E-state index is 11.7. The van der Waals surface area contributed by atoms with E-state index in [1.54, 1.807) is 18.2 Å². The van der Waals surface area contributed by atoms with Gasteiger partial charge in [0.1, 0.15) is 5.25 Å². The SMILES string of the molecule is CC(C#N)S(=O)(=O)c1ccccc1Cl. The second-order valence-corrected chi connectivity index (χ2v) is 5.39. The van der Waals surface area contributed by atoms with Gasteiger partial charge in [0.05, 0.1) is 16.0 Å². The number of nitriles is 1. The lowest BCUT2D eigenvalue weighted by atomic mass is 10.4. The highest BCUT2D eigenvalue weighted by Crippen LogP contribution is 2.23. The normalized spacial score (nSPS) is 13.2. The molecule has 0 fully saturated rings. The van der Waals surface area contributed by atoms with Crippen molar-refractivity contribution in [3.05, 3.63) is 29.3 Å².